The predicted molar refractivity (Wildman–Crippen MR) is 56.1 cm³/mol. The Labute approximate surface area is 76.6 Å². The lowest BCUT2D eigenvalue weighted by Crippen LogP contribution is -2.14. The van der Waals surface area contributed by atoms with Gasteiger partial charge in [0.25, 0.3) is 0 Å². The Bertz CT molecular complexity index is 147. The molecule has 0 atom stereocenters. The first-order chi connectivity index (χ1) is 5.68. The fourth-order valence-electron chi connectivity index (χ4n) is 0.942. The molecule has 0 aliphatic rings. The topological polar surface area (TPSA) is 12.0 Å². The number of hydrogen-bond donors (Lipinski definition) is 1. The Morgan fingerprint density at radius 2 is 1.83 bits per heavy atom. The fraction of sp³-hybridized carbons (Fsp3) is 0.636. The average Bonchev–Trinajstić information content (AvgIpc) is 2.03. The second-order valence-electron chi connectivity index (χ2n) is 3.25. The summed E-state index contributed by atoms with van der Waals surface area (Å²) in [7, 11) is 0. The van der Waals surface area contributed by atoms with Gasteiger partial charge in [-0.05, 0) is 18.9 Å². The van der Waals surface area contributed by atoms with Gasteiger partial charge in [-0.1, -0.05) is 39.3 Å². The van der Waals surface area contributed by atoms with Crippen LogP contribution in [0.4, 0.5) is 0 Å². The summed E-state index contributed by atoms with van der Waals surface area (Å²) >= 11 is 0. The van der Waals surface area contributed by atoms with Gasteiger partial charge in [0.1, 0.15) is 0 Å². The minimum atomic E-state index is 0.978. The third-order valence-electron chi connectivity index (χ3n) is 1.88. The third kappa shape index (κ3) is 6.02. The summed E-state index contributed by atoms with van der Waals surface area (Å²) in [6, 6.07) is 0. The molecule has 0 aliphatic heterocycles. The van der Waals surface area contributed by atoms with E-state index in [1.54, 1.807) is 0 Å². The Kier molecular flexibility index (Phi) is 6.54. The van der Waals surface area contributed by atoms with Crippen LogP contribution < -0.4 is 5.32 Å². The molecular formula is C11H21N. The van der Waals surface area contributed by atoms with E-state index in [0.29, 0.717) is 0 Å². The Balaban J connectivity index is 3.20. The lowest BCUT2D eigenvalue weighted by molar-refractivity contribution is 0.638. The van der Waals surface area contributed by atoms with Crippen molar-refractivity contribution in [2.45, 2.75) is 39.5 Å². The van der Waals surface area contributed by atoms with Crippen molar-refractivity contribution in [3.05, 3.63) is 24.4 Å². The quantitative estimate of drug-likeness (QED) is 0.453. The van der Waals surface area contributed by atoms with Crippen molar-refractivity contribution in [3.63, 3.8) is 0 Å². The maximum absolute atomic E-state index is 3.86. The third-order valence-corrected chi connectivity index (χ3v) is 1.88. The van der Waals surface area contributed by atoms with Gasteiger partial charge in [-0.25, -0.2) is 0 Å². The van der Waals surface area contributed by atoms with Gasteiger partial charge >= 0.3 is 0 Å². The molecule has 0 heterocycles. The van der Waals surface area contributed by atoms with Crippen LogP contribution in [0.25, 0.3) is 0 Å². The van der Waals surface area contributed by atoms with Gasteiger partial charge in [-0.3, -0.25) is 0 Å². The molecular weight excluding hydrogens is 146 g/mol. The highest BCUT2D eigenvalue weighted by Crippen LogP contribution is 2.01. The van der Waals surface area contributed by atoms with Gasteiger partial charge in [0, 0.05) is 12.2 Å². The van der Waals surface area contributed by atoms with Gasteiger partial charge in [-0.15, -0.1) is 0 Å². The van der Waals surface area contributed by atoms with Crippen LogP contribution in [-0.4, -0.2) is 6.54 Å². The summed E-state index contributed by atoms with van der Waals surface area (Å²) in [4.78, 5) is 0. The molecule has 0 fully saturated rings. The van der Waals surface area contributed by atoms with E-state index in [9.17, 15) is 0 Å². The normalized spacial score (nSPS) is 9.50. The Morgan fingerprint density at radius 3 is 2.33 bits per heavy atom. The summed E-state index contributed by atoms with van der Waals surface area (Å²) in [5.74, 6) is 0. The zero-order chi connectivity index (χ0) is 9.40. The van der Waals surface area contributed by atoms with Gasteiger partial charge in [-0.2, -0.15) is 0 Å². The molecule has 1 nitrogen and oxygen atoms in total. The molecule has 0 amide bonds. The van der Waals surface area contributed by atoms with Crippen molar-refractivity contribution in [1.29, 1.82) is 0 Å². The van der Waals surface area contributed by atoms with Crippen LogP contribution in [0.2, 0.25) is 0 Å². The Morgan fingerprint density at radius 1 is 1.17 bits per heavy atom. The minimum absolute atomic E-state index is 0.978. The molecule has 0 aromatic heterocycles. The van der Waals surface area contributed by atoms with Crippen molar-refractivity contribution in [2.75, 3.05) is 6.54 Å². The highest BCUT2D eigenvalue weighted by atomic mass is 14.9. The van der Waals surface area contributed by atoms with E-state index < -0.39 is 0 Å². The molecule has 0 saturated carbocycles. The van der Waals surface area contributed by atoms with E-state index >= 15 is 0 Å². The molecule has 0 radical (unpaired) electrons. The standard InChI is InChI=1S/C11H21N/c1-5-6-7-8-9-12-11(4)10(2)3/h12H,2,4-9H2,1,3H3. The lowest BCUT2D eigenvalue weighted by Gasteiger charge is -2.08. The highest BCUT2D eigenvalue weighted by Gasteiger charge is 1.92. The summed E-state index contributed by atoms with van der Waals surface area (Å²) < 4.78 is 0. The summed E-state index contributed by atoms with van der Waals surface area (Å²) in [5.41, 5.74) is 2.01. The first kappa shape index (κ1) is 11.3. The average molecular weight is 167 g/mol. The molecule has 0 rings (SSSR count). The van der Waals surface area contributed by atoms with Crippen molar-refractivity contribution in [1.82, 2.24) is 5.32 Å². The first-order valence-corrected chi connectivity index (χ1v) is 4.77. The number of unbranched alkanes of at least 4 members (excludes halogenated alkanes) is 3. The van der Waals surface area contributed by atoms with Crippen molar-refractivity contribution >= 4 is 0 Å². The summed E-state index contributed by atoms with van der Waals surface area (Å²) in [5, 5.41) is 3.25. The van der Waals surface area contributed by atoms with Crippen LogP contribution in [0.15, 0.2) is 24.4 Å². The van der Waals surface area contributed by atoms with Crippen LogP contribution in [0.1, 0.15) is 39.5 Å². The van der Waals surface area contributed by atoms with Gasteiger partial charge in [0.05, 0.1) is 0 Å². The first-order valence-electron chi connectivity index (χ1n) is 4.77. The van der Waals surface area contributed by atoms with Gasteiger partial charge < -0.3 is 5.32 Å². The predicted octanol–water partition coefficient (Wildman–Crippen LogP) is 3.25. The van der Waals surface area contributed by atoms with Gasteiger partial charge in [0.2, 0.25) is 0 Å². The molecule has 0 bridgehead atoms. The smallest absolute Gasteiger partial charge is 0.0290 e. The van der Waals surface area contributed by atoms with Crippen LogP contribution in [0.3, 0.4) is 0 Å². The molecule has 70 valence electrons. The van der Waals surface area contributed by atoms with Crippen LogP contribution >= 0.6 is 0 Å². The number of allylic oxidation sites excluding steroid dienone is 1. The van der Waals surface area contributed by atoms with E-state index in [0.717, 1.165) is 17.8 Å². The maximum atomic E-state index is 3.86. The summed E-state index contributed by atoms with van der Waals surface area (Å²) in [6.45, 7) is 12.9. The second-order valence-corrected chi connectivity index (χ2v) is 3.25. The van der Waals surface area contributed by atoms with Crippen molar-refractivity contribution in [3.8, 4) is 0 Å². The number of nitrogens with one attached hydrogen (secondary N) is 1. The van der Waals surface area contributed by atoms with Crippen LogP contribution in [-0.2, 0) is 0 Å². The maximum Gasteiger partial charge on any atom is 0.0290 e. The minimum Gasteiger partial charge on any atom is -0.385 e. The molecule has 0 aliphatic carbocycles. The van der Waals surface area contributed by atoms with Crippen LogP contribution in [0, 0.1) is 0 Å². The Hall–Kier alpha value is -0.720. The lowest BCUT2D eigenvalue weighted by atomic mass is 10.2. The van der Waals surface area contributed by atoms with E-state index in [1.807, 2.05) is 6.92 Å². The number of hydrogen-bond acceptors (Lipinski definition) is 1. The zero-order valence-corrected chi connectivity index (χ0v) is 8.45. The number of rotatable bonds is 7. The van der Waals surface area contributed by atoms with E-state index in [2.05, 4.69) is 25.4 Å². The SMILES string of the molecule is C=C(C)C(=C)NCCCCCC. The van der Waals surface area contributed by atoms with Gasteiger partial charge in [0.15, 0.2) is 0 Å². The molecule has 0 saturated heterocycles. The second kappa shape index (κ2) is 6.96. The largest absolute Gasteiger partial charge is 0.385 e. The van der Waals surface area contributed by atoms with E-state index in [-0.39, 0.29) is 0 Å². The molecule has 1 N–H and O–H groups in total. The molecule has 0 aromatic rings. The molecule has 12 heavy (non-hydrogen) atoms. The zero-order valence-electron chi connectivity index (χ0n) is 8.45. The van der Waals surface area contributed by atoms with E-state index in [4.69, 9.17) is 0 Å². The molecule has 0 aromatic carbocycles. The molecule has 0 unspecified atom stereocenters. The molecule has 0 spiro atoms. The van der Waals surface area contributed by atoms with Crippen molar-refractivity contribution < 1.29 is 0 Å². The van der Waals surface area contributed by atoms with Crippen LogP contribution in [0.5, 0.6) is 0 Å². The molecule has 1 heteroatoms. The summed E-state index contributed by atoms with van der Waals surface area (Å²) in [6.07, 6.45) is 5.18. The fourth-order valence-corrected chi connectivity index (χ4v) is 0.942. The van der Waals surface area contributed by atoms with E-state index in [1.165, 1.54) is 25.7 Å². The monoisotopic (exact) mass is 167 g/mol. The van der Waals surface area contributed by atoms with Crippen molar-refractivity contribution in [2.24, 2.45) is 0 Å². The highest BCUT2D eigenvalue weighted by molar-refractivity contribution is 5.20.